The van der Waals surface area contributed by atoms with Crippen molar-refractivity contribution in [2.45, 2.75) is 13.0 Å². The van der Waals surface area contributed by atoms with E-state index in [-0.39, 0.29) is 6.04 Å². The average Bonchev–Trinajstić information content (AvgIpc) is 2.03. The Balaban J connectivity index is 2.86. The van der Waals surface area contributed by atoms with Crippen molar-refractivity contribution in [3.63, 3.8) is 0 Å². The highest BCUT2D eigenvalue weighted by Gasteiger charge is 2.02. The lowest BCUT2D eigenvalue weighted by molar-refractivity contribution is 0.633. The fourth-order valence-corrected chi connectivity index (χ4v) is 0.974. The van der Waals surface area contributed by atoms with Gasteiger partial charge in [-0.15, -0.1) is 0 Å². The molecule has 1 unspecified atom stereocenters. The summed E-state index contributed by atoms with van der Waals surface area (Å²) in [6.45, 7) is 2.04. The molecule has 0 bridgehead atoms. The Morgan fingerprint density at radius 2 is 2.36 bits per heavy atom. The minimum absolute atomic E-state index is 0.258. The van der Waals surface area contributed by atoms with Gasteiger partial charge in [-0.05, 0) is 26.1 Å². The number of rotatable bonds is 2. The van der Waals surface area contributed by atoms with E-state index >= 15 is 0 Å². The zero-order valence-corrected chi connectivity index (χ0v) is 7.39. The summed E-state index contributed by atoms with van der Waals surface area (Å²) in [4.78, 5) is 4.16. The summed E-state index contributed by atoms with van der Waals surface area (Å²) in [6.07, 6.45) is 1.71. The zero-order chi connectivity index (χ0) is 8.27. The molecular formula is C8H11ClN2. The maximum atomic E-state index is 5.78. The van der Waals surface area contributed by atoms with Crippen molar-refractivity contribution in [2.24, 2.45) is 0 Å². The van der Waals surface area contributed by atoms with Crippen LogP contribution in [0.25, 0.3) is 0 Å². The van der Waals surface area contributed by atoms with E-state index in [2.05, 4.69) is 10.3 Å². The van der Waals surface area contributed by atoms with Crippen LogP contribution in [0.5, 0.6) is 0 Å². The molecule has 60 valence electrons. The first-order valence-corrected chi connectivity index (χ1v) is 3.90. The maximum absolute atomic E-state index is 5.78. The molecule has 0 aliphatic rings. The quantitative estimate of drug-likeness (QED) is 0.735. The van der Waals surface area contributed by atoms with Crippen LogP contribution in [-0.4, -0.2) is 12.0 Å². The van der Waals surface area contributed by atoms with E-state index in [1.165, 1.54) is 0 Å². The molecule has 1 heterocycles. The summed E-state index contributed by atoms with van der Waals surface area (Å²) in [5.41, 5.74) is 0.972. The van der Waals surface area contributed by atoms with Crippen LogP contribution in [-0.2, 0) is 0 Å². The molecule has 0 saturated heterocycles. The van der Waals surface area contributed by atoms with E-state index in [0.717, 1.165) is 10.7 Å². The largest absolute Gasteiger partial charge is 0.312 e. The molecule has 0 aliphatic carbocycles. The van der Waals surface area contributed by atoms with Crippen LogP contribution in [0.1, 0.15) is 18.7 Å². The number of aromatic nitrogens is 1. The second kappa shape index (κ2) is 3.69. The highest BCUT2D eigenvalue weighted by molar-refractivity contribution is 6.30. The smallest absolute Gasteiger partial charge is 0.0585 e. The fourth-order valence-electron chi connectivity index (χ4n) is 0.806. The van der Waals surface area contributed by atoms with Gasteiger partial charge in [0, 0.05) is 17.3 Å². The molecule has 0 radical (unpaired) electrons. The third-order valence-electron chi connectivity index (χ3n) is 1.62. The van der Waals surface area contributed by atoms with Gasteiger partial charge in [0.2, 0.25) is 0 Å². The Bertz CT molecular complexity index is 237. The standard InChI is InChI=1S/C8H11ClN2/c1-6(10-2)8-5-7(9)3-4-11-8/h3-6,10H,1-2H3. The van der Waals surface area contributed by atoms with Crippen LogP contribution in [0, 0.1) is 0 Å². The summed E-state index contributed by atoms with van der Waals surface area (Å²) in [5, 5.41) is 3.82. The molecule has 11 heavy (non-hydrogen) atoms. The van der Waals surface area contributed by atoms with E-state index in [0.29, 0.717) is 0 Å². The van der Waals surface area contributed by atoms with Crippen molar-refractivity contribution in [3.8, 4) is 0 Å². The topological polar surface area (TPSA) is 24.9 Å². The zero-order valence-electron chi connectivity index (χ0n) is 6.63. The van der Waals surface area contributed by atoms with Gasteiger partial charge in [-0.25, -0.2) is 0 Å². The number of nitrogens with one attached hydrogen (secondary N) is 1. The second-order valence-electron chi connectivity index (χ2n) is 2.41. The Hall–Kier alpha value is -0.600. The molecule has 0 aromatic carbocycles. The molecule has 0 aliphatic heterocycles. The molecular weight excluding hydrogens is 160 g/mol. The van der Waals surface area contributed by atoms with Gasteiger partial charge in [-0.1, -0.05) is 11.6 Å². The van der Waals surface area contributed by atoms with E-state index < -0.39 is 0 Å². The second-order valence-corrected chi connectivity index (χ2v) is 2.85. The van der Waals surface area contributed by atoms with E-state index in [1.54, 1.807) is 12.3 Å². The lowest BCUT2D eigenvalue weighted by atomic mass is 10.2. The van der Waals surface area contributed by atoms with Crippen LogP contribution in [0.4, 0.5) is 0 Å². The van der Waals surface area contributed by atoms with Gasteiger partial charge in [0.1, 0.15) is 0 Å². The van der Waals surface area contributed by atoms with E-state index in [1.807, 2.05) is 20.0 Å². The van der Waals surface area contributed by atoms with Crippen molar-refractivity contribution in [1.82, 2.24) is 10.3 Å². The minimum atomic E-state index is 0.258. The molecule has 3 heteroatoms. The molecule has 1 aromatic heterocycles. The van der Waals surface area contributed by atoms with E-state index in [4.69, 9.17) is 11.6 Å². The predicted molar refractivity (Wildman–Crippen MR) is 46.7 cm³/mol. The summed E-state index contributed by atoms with van der Waals surface area (Å²) in [6, 6.07) is 3.89. The predicted octanol–water partition coefficient (Wildman–Crippen LogP) is 2.02. The summed E-state index contributed by atoms with van der Waals surface area (Å²) < 4.78 is 0. The Morgan fingerprint density at radius 3 is 2.91 bits per heavy atom. The van der Waals surface area contributed by atoms with Crippen molar-refractivity contribution in [2.75, 3.05) is 7.05 Å². The number of hydrogen-bond donors (Lipinski definition) is 1. The first kappa shape index (κ1) is 8.50. The maximum Gasteiger partial charge on any atom is 0.0585 e. The third kappa shape index (κ3) is 2.17. The fraction of sp³-hybridized carbons (Fsp3) is 0.375. The molecule has 0 fully saturated rings. The molecule has 1 N–H and O–H groups in total. The van der Waals surface area contributed by atoms with Crippen molar-refractivity contribution >= 4 is 11.6 Å². The number of halogens is 1. The molecule has 2 nitrogen and oxygen atoms in total. The summed E-state index contributed by atoms with van der Waals surface area (Å²) in [7, 11) is 1.90. The summed E-state index contributed by atoms with van der Waals surface area (Å²) >= 11 is 5.78. The molecule has 0 spiro atoms. The van der Waals surface area contributed by atoms with Crippen LogP contribution in [0.15, 0.2) is 18.3 Å². The van der Waals surface area contributed by atoms with Gasteiger partial charge in [-0.2, -0.15) is 0 Å². The monoisotopic (exact) mass is 170 g/mol. The summed E-state index contributed by atoms with van der Waals surface area (Å²) in [5.74, 6) is 0. The first-order valence-electron chi connectivity index (χ1n) is 3.52. The number of hydrogen-bond acceptors (Lipinski definition) is 2. The van der Waals surface area contributed by atoms with Crippen LogP contribution in [0.2, 0.25) is 5.02 Å². The van der Waals surface area contributed by atoms with Crippen molar-refractivity contribution < 1.29 is 0 Å². The highest BCUT2D eigenvalue weighted by atomic mass is 35.5. The molecule has 0 saturated carbocycles. The van der Waals surface area contributed by atoms with Gasteiger partial charge < -0.3 is 5.32 Å². The Kier molecular flexibility index (Phi) is 2.85. The van der Waals surface area contributed by atoms with Crippen LogP contribution in [0.3, 0.4) is 0 Å². The van der Waals surface area contributed by atoms with Gasteiger partial charge in [0.25, 0.3) is 0 Å². The third-order valence-corrected chi connectivity index (χ3v) is 1.85. The first-order chi connectivity index (χ1) is 5.24. The average molecular weight is 171 g/mol. The van der Waals surface area contributed by atoms with Gasteiger partial charge in [0.05, 0.1) is 5.69 Å². The molecule has 0 amide bonds. The van der Waals surface area contributed by atoms with Crippen LogP contribution < -0.4 is 5.32 Å². The lowest BCUT2D eigenvalue weighted by Crippen LogP contribution is -2.13. The van der Waals surface area contributed by atoms with Gasteiger partial charge >= 0.3 is 0 Å². The highest BCUT2D eigenvalue weighted by Crippen LogP contribution is 2.13. The molecule has 1 aromatic rings. The molecule has 1 atom stereocenters. The SMILES string of the molecule is CNC(C)c1cc(Cl)ccn1. The molecule has 1 rings (SSSR count). The van der Waals surface area contributed by atoms with E-state index in [9.17, 15) is 0 Å². The van der Waals surface area contributed by atoms with Crippen LogP contribution >= 0.6 is 11.6 Å². The lowest BCUT2D eigenvalue weighted by Gasteiger charge is -2.08. The van der Waals surface area contributed by atoms with Gasteiger partial charge in [-0.3, -0.25) is 4.98 Å². The van der Waals surface area contributed by atoms with Gasteiger partial charge in [0.15, 0.2) is 0 Å². The Labute approximate surface area is 71.6 Å². The number of nitrogens with zero attached hydrogens (tertiary/aromatic N) is 1. The number of pyridine rings is 1. The van der Waals surface area contributed by atoms with Crippen molar-refractivity contribution in [1.29, 1.82) is 0 Å². The Morgan fingerprint density at radius 1 is 1.64 bits per heavy atom. The minimum Gasteiger partial charge on any atom is -0.312 e. The van der Waals surface area contributed by atoms with Crippen molar-refractivity contribution in [3.05, 3.63) is 29.0 Å². The normalized spacial score (nSPS) is 13.0.